The van der Waals surface area contributed by atoms with Crippen LogP contribution in [0.25, 0.3) is 34.4 Å². The van der Waals surface area contributed by atoms with Gasteiger partial charge in [0.05, 0.1) is 12.2 Å². The normalized spacial score (nSPS) is 16.7. The van der Waals surface area contributed by atoms with E-state index in [0.29, 0.717) is 0 Å². The fourth-order valence-electron chi connectivity index (χ4n) is 7.65. The summed E-state index contributed by atoms with van der Waals surface area (Å²) < 4.78 is 11.8. The van der Waals surface area contributed by atoms with Gasteiger partial charge in [-0.05, 0) is 122 Å². The van der Waals surface area contributed by atoms with Gasteiger partial charge >= 0.3 is 0 Å². The van der Waals surface area contributed by atoms with Crippen LogP contribution in [0.2, 0.25) is 0 Å². The van der Waals surface area contributed by atoms with E-state index in [1.54, 1.807) is 11.1 Å². The van der Waals surface area contributed by atoms with Crippen LogP contribution < -0.4 is 9.47 Å². The second kappa shape index (κ2) is 11.2. The summed E-state index contributed by atoms with van der Waals surface area (Å²) in [5.74, 6) is 1.86. The highest BCUT2D eigenvalue weighted by molar-refractivity contribution is 5.84. The molecule has 7 rings (SSSR count). The lowest BCUT2D eigenvalue weighted by molar-refractivity contribution is 0.242. The topological polar surface area (TPSA) is 18.5 Å². The standard InChI is InChI=1S/C41H42O2/c1-27(2)42-35-17-13-29(14-18-35)37-11-7-9-31-23-33(25-39(31)37)41(21-5-6-22-41)34-24-32-10-8-12-38(40(32)26-34)30-15-19-36(20-16-30)43-28(3)4/h7-20,25-28H,5-6,21-24H2,1-4H3. The van der Waals surface area contributed by atoms with E-state index in [1.165, 1.54) is 70.2 Å². The first-order valence-corrected chi connectivity index (χ1v) is 16.1. The van der Waals surface area contributed by atoms with Gasteiger partial charge in [-0.15, -0.1) is 0 Å². The molecule has 0 N–H and O–H groups in total. The van der Waals surface area contributed by atoms with Crippen LogP contribution in [-0.2, 0) is 12.8 Å². The quantitative estimate of drug-likeness (QED) is 0.211. The van der Waals surface area contributed by atoms with Crippen LogP contribution >= 0.6 is 0 Å². The molecule has 2 nitrogen and oxygen atoms in total. The summed E-state index contributed by atoms with van der Waals surface area (Å²) in [6.45, 7) is 8.29. The fraction of sp³-hybridized carbons (Fsp3) is 0.317. The molecule has 0 amide bonds. The molecule has 218 valence electrons. The number of ether oxygens (including phenoxy) is 2. The third kappa shape index (κ3) is 5.22. The van der Waals surface area contributed by atoms with E-state index < -0.39 is 0 Å². The minimum atomic E-state index is 0.149. The maximum Gasteiger partial charge on any atom is 0.119 e. The number of fused-ring (bicyclic) bond motifs is 2. The average Bonchev–Trinajstić information content (AvgIpc) is 3.76. The van der Waals surface area contributed by atoms with Crippen molar-refractivity contribution in [2.75, 3.05) is 0 Å². The Labute approximate surface area is 257 Å². The number of benzene rings is 4. The summed E-state index contributed by atoms with van der Waals surface area (Å²) in [6, 6.07) is 31.0. The molecule has 3 aliphatic carbocycles. The second-order valence-corrected chi connectivity index (χ2v) is 13.1. The van der Waals surface area contributed by atoms with Crippen molar-refractivity contribution in [3.8, 4) is 33.8 Å². The van der Waals surface area contributed by atoms with Gasteiger partial charge < -0.3 is 9.47 Å². The fourth-order valence-corrected chi connectivity index (χ4v) is 7.65. The van der Waals surface area contributed by atoms with Crippen molar-refractivity contribution in [3.05, 3.63) is 118 Å². The molecule has 0 aromatic heterocycles. The predicted octanol–water partition coefficient (Wildman–Crippen LogP) is 10.7. The van der Waals surface area contributed by atoms with Crippen LogP contribution in [0, 0.1) is 5.41 Å². The molecule has 3 aliphatic rings. The molecule has 1 fully saturated rings. The van der Waals surface area contributed by atoms with E-state index in [1.807, 2.05) is 0 Å². The lowest BCUT2D eigenvalue weighted by atomic mass is 9.71. The molecule has 0 atom stereocenters. The Hall–Kier alpha value is -4.04. The Morgan fingerprint density at radius 1 is 0.535 bits per heavy atom. The van der Waals surface area contributed by atoms with Crippen molar-refractivity contribution in [1.29, 1.82) is 0 Å². The van der Waals surface area contributed by atoms with E-state index in [4.69, 9.17) is 9.47 Å². The third-order valence-electron chi connectivity index (χ3n) is 9.55. The minimum Gasteiger partial charge on any atom is -0.491 e. The van der Waals surface area contributed by atoms with Gasteiger partial charge in [-0.2, -0.15) is 0 Å². The van der Waals surface area contributed by atoms with Crippen LogP contribution in [0.4, 0.5) is 0 Å². The minimum absolute atomic E-state index is 0.149. The summed E-state index contributed by atoms with van der Waals surface area (Å²) in [4.78, 5) is 0. The SMILES string of the molecule is CC(C)Oc1ccc(-c2cccc3c2C=C(C2(C4=Cc5c(cccc5-c5ccc(OC(C)C)cc5)C4)CCCC2)C3)cc1. The highest BCUT2D eigenvalue weighted by Gasteiger charge is 2.43. The summed E-state index contributed by atoms with van der Waals surface area (Å²) >= 11 is 0. The Morgan fingerprint density at radius 2 is 0.953 bits per heavy atom. The van der Waals surface area contributed by atoms with E-state index in [2.05, 4.69) is 125 Å². The Morgan fingerprint density at radius 3 is 1.35 bits per heavy atom. The van der Waals surface area contributed by atoms with Crippen molar-refractivity contribution in [1.82, 2.24) is 0 Å². The summed E-state index contributed by atoms with van der Waals surface area (Å²) in [5.41, 5.74) is 14.3. The Bertz CT molecular complexity index is 1570. The maximum atomic E-state index is 5.91. The average molecular weight is 567 g/mol. The Balaban J connectivity index is 1.22. The van der Waals surface area contributed by atoms with Crippen molar-refractivity contribution in [2.45, 2.75) is 78.4 Å². The van der Waals surface area contributed by atoms with Gasteiger partial charge in [0.25, 0.3) is 0 Å². The Kier molecular flexibility index (Phi) is 7.25. The zero-order valence-corrected chi connectivity index (χ0v) is 26.0. The lowest BCUT2D eigenvalue weighted by Crippen LogP contribution is -2.22. The smallest absolute Gasteiger partial charge is 0.119 e. The van der Waals surface area contributed by atoms with Crippen molar-refractivity contribution < 1.29 is 9.47 Å². The first-order valence-electron chi connectivity index (χ1n) is 16.1. The summed E-state index contributed by atoms with van der Waals surface area (Å²) in [6.07, 6.45) is 12.7. The van der Waals surface area contributed by atoms with E-state index in [-0.39, 0.29) is 17.6 Å². The molecule has 2 heteroatoms. The molecule has 43 heavy (non-hydrogen) atoms. The molecule has 0 spiro atoms. The van der Waals surface area contributed by atoms with Crippen LogP contribution in [0.1, 0.15) is 75.6 Å². The molecule has 1 saturated carbocycles. The third-order valence-corrected chi connectivity index (χ3v) is 9.55. The zero-order chi connectivity index (χ0) is 29.6. The molecule has 0 unspecified atom stereocenters. The molecule has 4 aromatic rings. The second-order valence-electron chi connectivity index (χ2n) is 13.1. The van der Waals surface area contributed by atoms with Crippen molar-refractivity contribution in [2.24, 2.45) is 5.41 Å². The van der Waals surface area contributed by atoms with E-state index in [9.17, 15) is 0 Å². The number of rotatable bonds is 8. The maximum absolute atomic E-state index is 5.91. The van der Waals surface area contributed by atoms with Gasteiger partial charge in [0.1, 0.15) is 11.5 Å². The molecule has 0 radical (unpaired) electrons. The van der Waals surface area contributed by atoms with Gasteiger partial charge in [0.15, 0.2) is 0 Å². The zero-order valence-electron chi connectivity index (χ0n) is 26.0. The largest absolute Gasteiger partial charge is 0.491 e. The molecular weight excluding hydrogens is 524 g/mol. The van der Waals surface area contributed by atoms with Gasteiger partial charge in [-0.25, -0.2) is 0 Å². The predicted molar refractivity (Wildman–Crippen MR) is 180 cm³/mol. The molecule has 0 heterocycles. The number of hydrogen-bond donors (Lipinski definition) is 0. The van der Waals surface area contributed by atoms with Crippen LogP contribution in [0.3, 0.4) is 0 Å². The molecule has 0 aliphatic heterocycles. The first kappa shape index (κ1) is 27.8. The van der Waals surface area contributed by atoms with Crippen molar-refractivity contribution >= 4 is 12.2 Å². The van der Waals surface area contributed by atoms with Gasteiger partial charge in [-0.3, -0.25) is 0 Å². The van der Waals surface area contributed by atoms with Gasteiger partial charge in [0, 0.05) is 5.41 Å². The van der Waals surface area contributed by atoms with Gasteiger partial charge in [0.2, 0.25) is 0 Å². The molecule has 0 bridgehead atoms. The van der Waals surface area contributed by atoms with Crippen LogP contribution in [0.5, 0.6) is 11.5 Å². The lowest BCUT2D eigenvalue weighted by Gasteiger charge is -2.33. The highest BCUT2D eigenvalue weighted by atomic mass is 16.5. The van der Waals surface area contributed by atoms with E-state index in [0.717, 1.165) is 24.3 Å². The summed E-state index contributed by atoms with van der Waals surface area (Å²) in [7, 11) is 0. The van der Waals surface area contributed by atoms with Crippen LogP contribution in [-0.4, -0.2) is 12.2 Å². The number of hydrogen-bond acceptors (Lipinski definition) is 2. The molecule has 4 aromatic carbocycles. The number of allylic oxidation sites excluding steroid dienone is 2. The van der Waals surface area contributed by atoms with Gasteiger partial charge in [-0.1, -0.05) is 96.8 Å². The summed E-state index contributed by atoms with van der Waals surface area (Å²) in [5, 5.41) is 0. The molecule has 0 saturated heterocycles. The highest BCUT2D eigenvalue weighted by Crippen LogP contribution is 2.56. The molecular formula is C41H42O2. The van der Waals surface area contributed by atoms with E-state index >= 15 is 0 Å². The van der Waals surface area contributed by atoms with Crippen LogP contribution in [0.15, 0.2) is 96.1 Å². The first-order chi connectivity index (χ1) is 20.9. The van der Waals surface area contributed by atoms with Crippen molar-refractivity contribution in [3.63, 3.8) is 0 Å². The monoisotopic (exact) mass is 566 g/mol.